The molecule has 1 amide bonds. The van der Waals surface area contributed by atoms with Gasteiger partial charge in [-0.3, -0.25) is 4.79 Å². The van der Waals surface area contributed by atoms with Crippen molar-refractivity contribution in [3.05, 3.63) is 34.1 Å². The summed E-state index contributed by atoms with van der Waals surface area (Å²) in [6.07, 6.45) is 5.85. The largest absolute Gasteiger partial charge is 0.332 e. The Kier molecular flexibility index (Phi) is 5.91. The smallest absolute Gasteiger partial charge is 0.282 e. The van der Waals surface area contributed by atoms with Crippen LogP contribution in [0, 0.1) is 17.7 Å². The van der Waals surface area contributed by atoms with Crippen molar-refractivity contribution < 1.29 is 9.18 Å². The van der Waals surface area contributed by atoms with Crippen LogP contribution >= 0.6 is 27.7 Å². The molecule has 0 aromatic heterocycles. The average molecular weight is 441 g/mol. The van der Waals surface area contributed by atoms with E-state index in [0.717, 1.165) is 67.9 Å². The molecule has 3 fully saturated rings. The molecule has 1 unspecified atom stereocenters. The highest BCUT2D eigenvalue weighted by Gasteiger charge is 2.35. The van der Waals surface area contributed by atoms with Gasteiger partial charge in [0.15, 0.2) is 0 Å². The van der Waals surface area contributed by atoms with Crippen LogP contribution in [0.5, 0.6) is 0 Å². The Morgan fingerprint density at radius 2 is 1.88 bits per heavy atom. The summed E-state index contributed by atoms with van der Waals surface area (Å²) >= 11 is 5.09. The van der Waals surface area contributed by atoms with Gasteiger partial charge in [0.2, 0.25) is 0 Å². The molecule has 0 spiro atoms. The molecule has 6 heteroatoms. The average Bonchev–Trinajstić information content (AvgIpc) is 3.36. The van der Waals surface area contributed by atoms with Gasteiger partial charge in [-0.15, -0.1) is 0 Å². The molecule has 1 aromatic rings. The van der Waals surface area contributed by atoms with Gasteiger partial charge in [-0.05, 0) is 80.8 Å². The number of thioether (sulfide) groups is 1. The maximum absolute atomic E-state index is 13.5. The molecule has 1 aliphatic carbocycles. The van der Waals surface area contributed by atoms with Crippen LogP contribution in [0.15, 0.2) is 22.7 Å². The molecule has 1 atom stereocenters. The molecule has 2 saturated heterocycles. The normalized spacial score (nSPS) is 25.2. The van der Waals surface area contributed by atoms with Gasteiger partial charge in [0.25, 0.3) is 5.24 Å². The van der Waals surface area contributed by atoms with E-state index in [9.17, 15) is 9.18 Å². The number of halogens is 2. The van der Waals surface area contributed by atoms with E-state index in [0.29, 0.717) is 11.2 Å². The summed E-state index contributed by atoms with van der Waals surface area (Å²) in [5.41, 5.74) is 1.08. The molecular weight excluding hydrogens is 415 g/mol. The molecule has 4 rings (SSSR count). The number of carbonyl (C=O) groups excluding carboxylic acids is 1. The topological polar surface area (TPSA) is 23.6 Å². The lowest BCUT2D eigenvalue weighted by Gasteiger charge is -2.33. The number of hydrogen-bond donors (Lipinski definition) is 0. The molecule has 2 heterocycles. The predicted octanol–water partition coefficient (Wildman–Crippen LogP) is 4.79. The van der Waals surface area contributed by atoms with Crippen molar-refractivity contribution in [1.82, 2.24) is 9.80 Å². The summed E-state index contributed by atoms with van der Waals surface area (Å²) in [5, 5.41) is 0.711. The molecule has 3 nitrogen and oxygen atoms in total. The standard InChI is InChI=1S/C20H26BrFN2OS/c21-19-4-3-17(22)10-16(19)9-14-5-7-23(8-6-14)12-18-13-24(20(25)26-18)11-15-1-2-15/h3-4,10,14-15,18H,1-2,5-9,11-13H2. The summed E-state index contributed by atoms with van der Waals surface area (Å²) in [5.74, 6) is 1.24. The highest BCUT2D eigenvalue weighted by atomic mass is 79.9. The fraction of sp³-hybridized carbons (Fsp3) is 0.650. The minimum Gasteiger partial charge on any atom is -0.332 e. The third kappa shape index (κ3) is 4.82. The molecule has 142 valence electrons. The van der Waals surface area contributed by atoms with Gasteiger partial charge in [0, 0.05) is 29.4 Å². The lowest BCUT2D eigenvalue weighted by atomic mass is 9.90. The minimum absolute atomic E-state index is 0.153. The summed E-state index contributed by atoms with van der Waals surface area (Å²) in [4.78, 5) is 16.7. The third-order valence-electron chi connectivity index (χ3n) is 5.81. The second-order valence-corrected chi connectivity index (χ2v) is 10.1. The maximum atomic E-state index is 13.5. The van der Waals surface area contributed by atoms with Gasteiger partial charge >= 0.3 is 0 Å². The van der Waals surface area contributed by atoms with Crippen molar-refractivity contribution in [3.8, 4) is 0 Å². The Balaban J connectivity index is 1.22. The molecule has 3 aliphatic rings. The van der Waals surface area contributed by atoms with Gasteiger partial charge in [-0.2, -0.15) is 0 Å². The molecule has 1 saturated carbocycles. The number of nitrogens with zero attached hydrogens (tertiary/aromatic N) is 2. The maximum Gasteiger partial charge on any atom is 0.282 e. The van der Waals surface area contributed by atoms with Crippen molar-refractivity contribution in [3.63, 3.8) is 0 Å². The summed E-state index contributed by atoms with van der Waals surface area (Å²) in [7, 11) is 0. The van der Waals surface area contributed by atoms with E-state index in [1.807, 2.05) is 6.07 Å². The molecule has 0 bridgehead atoms. The number of piperidine rings is 1. The van der Waals surface area contributed by atoms with Crippen molar-refractivity contribution in [2.45, 2.75) is 37.4 Å². The van der Waals surface area contributed by atoms with Crippen molar-refractivity contribution >= 4 is 32.9 Å². The van der Waals surface area contributed by atoms with E-state index in [4.69, 9.17) is 0 Å². The summed E-state index contributed by atoms with van der Waals surface area (Å²) < 4.78 is 14.5. The Labute approximate surface area is 167 Å². The van der Waals surface area contributed by atoms with Gasteiger partial charge in [-0.1, -0.05) is 27.7 Å². The van der Waals surface area contributed by atoms with Crippen LogP contribution < -0.4 is 0 Å². The van der Waals surface area contributed by atoms with E-state index in [2.05, 4.69) is 25.7 Å². The molecule has 0 radical (unpaired) electrons. The first-order chi connectivity index (χ1) is 12.6. The summed E-state index contributed by atoms with van der Waals surface area (Å²) in [6.45, 7) is 5.11. The summed E-state index contributed by atoms with van der Waals surface area (Å²) in [6, 6.07) is 4.97. The van der Waals surface area contributed by atoms with Crippen LogP contribution in [0.2, 0.25) is 0 Å². The van der Waals surface area contributed by atoms with Gasteiger partial charge in [0.1, 0.15) is 5.82 Å². The number of rotatable bonds is 6. The molecule has 2 aliphatic heterocycles. The van der Waals surface area contributed by atoms with Crippen LogP contribution in [0.3, 0.4) is 0 Å². The highest BCUT2D eigenvalue weighted by molar-refractivity contribution is 9.10. The second-order valence-electron chi connectivity index (χ2n) is 8.04. The van der Waals surface area contributed by atoms with Gasteiger partial charge in [0.05, 0.1) is 0 Å². The van der Waals surface area contributed by atoms with Crippen LogP contribution in [0.1, 0.15) is 31.2 Å². The fourth-order valence-corrected chi connectivity index (χ4v) is 5.63. The minimum atomic E-state index is -0.153. The Bertz CT molecular complexity index is 661. The monoisotopic (exact) mass is 440 g/mol. The first-order valence-electron chi connectivity index (χ1n) is 9.68. The zero-order chi connectivity index (χ0) is 18.1. The molecule has 1 aromatic carbocycles. The predicted molar refractivity (Wildman–Crippen MR) is 108 cm³/mol. The number of likely N-dealkylation sites (tertiary alicyclic amines) is 1. The first kappa shape index (κ1) is 18.8. The van der Waals surface area contributed by atoms with Gasteiger partial charge in [-0.25, -0.2) is 4.39 Å². The van der Waals surface area contributed by atoms with Crippen molar-refractivity contribution in [1.29, 1.82) is 0 Å². The molecule has 26 heavy (non-hydrogen) atoms. The zero-order valence-corrected chi connectivity index (χ0v) is 17.4. The van der Waals surface area contributed by atoms with Crippen molar-refractivity contribution in [2.24, 2.45) is 11.8 Å². The quantitative estimate of drug-likeness (QED) is 0.634. The lowest BCUT2D eigenvalue weighted by Crippen LogP contribution is -2.39. The zero-order valence-electron chi connectivity index (χ0n) is 15.0. The van der Waals surface area contributed by atoms with Gasteiger partial charge < -0.3 is 9.80 Å². The number of hydrogen-bond acceptors (Lipinski definition) is 3. The van der Waals surface area contributed by atoms with Crippen LogP contribution in [-0.2, 0) is 6.42 Å². The highest BCUT2D eigenvalue weighted by Crippen LogP contribution is 2.35. The van der Waals surface area contributed by atoms with Crippen molar-refractivity contribution in [2.75, 3.05) is 32.7 Å². The number of carbonyl (C=O) groups is 1. The van der Waals surface area contributed by atoms with E-state index < -0.39 is 0 Å². The van der Waals surface area contributed by atoms with E-state index >= 15 is 0 Å². The van der Waals surface area contributed by atoms with E-state index in [1.165, 1.54) is 18.9 Å². The Morgan fingerprint density at radius 1 is 1.12 bits per heavy atom. The molecule has 0 N–H and O–H groups in total. The molecular formula is C20H26BrFN2OS. The first-order valence-corrected chi connectivity index (χ1v) is 11.4. The van der Waals surface area contributed by atoms with Crippen LogP contribution in [-0.4, -0.2) is 53.0 Å². The SMILES string of the molecule is O=C1SC(CN2CCC(Cc3cc(F)ccc3Br)CC2)CN1CC1CC1. The fourth-order valence-electron chi connectivity index (χ4n) is 4.10. The van der Waals surface area contributed by atoms with Crippen LogP contribution in [0.25, 0.3) is 0 Å². The number of benzene rings is 1. The van der Waals surface area contributed by atoms with E-state index in [1.54, 1.807) is 17.8 Å². The second kappa shape index (κ2) is 8.19. The Morgan fingerprint density at radius 3 is 2.62 bits per heavy atom. The van der Waals surface area contributed by atoms with E-state index in [-0.39, 0.29) is 11.1 Å². The number of amides is 1. The van der Waals surface area contributed by atoms with Crippen LogP contribution in [0.4, 0.5) is 9.18 Å². The third-order valence-corrected chi connectivity index (χ3v) is 7.68. The lowest BCUT2D eigenvalue weighted by molar-refractivity contribution is 0.179. The Hall–Kier alpha value is -0.590.